The number of methoxy groups -OCH3 is 1. The van der Waals surface area contributed by atoms with Gasteiger partial charge in [0.1, 0.15) is 5.75 Å². The van der Waals surface area contributed by atoms with Gasteiger partial charge in [-0.05, 0) is 11.6 Å². The maximum Gasteiger partial charge on any atom is 0.213 e. The van der Waals surface area contributed by atoms with E-state index < -0.39 is 10.0 Å². The predicted octanol–water partition coefficient (Wildman–Crippen LogP) is 1.48. The fourth-order valence-corrected chi connectivity index (χ4v) is 3.32. The van der Waals surface area contributed by atoms with Crippen LogP contribution in [0.3, 0.4) is 0 Å². The van der Waals surface area contributed by atoms with Crippen molar-refractivity contribution in [2.24, 2.45) is 4.99 Å². The molecule has 0 spiro atoms. The van der Waals surface area contributed by atoms with Crippen LogP contribution >= 0.6 is 0 Å². The summed E-state index contributed by atoms with van der Waals surface area (Å²) in [5.74, 6) is 1.27. The van der Waals surface area contributed by atoms with Gasteiger partial charge >= 0.3 is 0 Å². The number of benzene rings is 2. The highest BCUT2D eigenvalue weighted by molar-refractivity contribution is 7.89. The molecule has 0 heterocycles. The van der Waals surface area contributed by atoms with Crippen molar-refractivity contribution in [2.75, 3.05) is 26.5 Å². The molecule has 0 amide bonds. The van der Waals surface area contributed by atoms with Gasteiger partial charge in [-0.2, -0.15) is 0 Å². The Morgan fingerprint density at radius 3 is 2.41 bits per heavy atom. The highest BCUT2D eigenvalue weighted by Gasteiger charge is 2.10. The average molecular weight is 391 g/mol. The second-order valence-electron chi connectivity index (χ2n) is 5.79. The zero-order valence-corrected chi connectivity index (χ0v) is 16.4. The number of hydrogen-bond donors (Lipinski definition) is 3. The van der Waals surface area contributed by atoms with E-state index >= 15 is 0 Å². The van der Waals surface area contributed by atoms with E-state index in [-0.39, 0.29) is 18.8 Å². The van der Waals surface area contributed by atoms with E-state index in [4.69, 9.17) is 4.74 Å². The van der Waals surface area contributed by atoms with Gasteiger partial charge in [-0.3, -0.25) is 4.99 Å². The normalized spacial score (nSPS) is 11.9. The van der Waals surface area contributed by atoms with Crippen molar-refractivity contribution < 1.29 is 13.2 Å². The average Bonchev–Trinajstić information content (AvgIpc) is 2.70. The summed E-state index contributed by atoms with van der Waals surface area (Å²) in [7, 11) is -0.114. The molecular weight excluding hydrogens is 364 g/mol. The van der Waals surface area contributed by atoms with Gasteiger partial charge in [-0.1, -0.05) is 48.5 Å². The lowest BCUT2D eigenvalue weighted by Gasteiger charge is -2.14. The molecule has 0 aliphatic heterocycles. The Labute approximate surface area is 160 Å². The summed E-state index contributed by atoms with van der Waals surface area (Å²) < 4.78 is 32.1. The van der Waals surface area contributed by atoms with Crippen LogP contribution in [-0.2, 0) is 23.1 Å². The minimum absolute atomic E-state index is 0.0464. The first-order chi connectivity index (χ1) is 13.0. The summed E-state index contributed by atoms with van der Waals surface area (Å²) in [5.41, 5.74) is 1.91. The van der Waals surface area contributed by atoms with Gasteiger partial charge in [0, 0.05) is 32.2 Å². The summed E-state index contributed by atoms with van der Waals surface area (Å²) in [5, 5.41) is 6.16. The van der Waals surface area contributed by atoms with Crippen molar-refractivity contribution in [2.45, 2.75) is 13.1 Å². The molecule has 0 aliphatic rings. The molecule has 0 atom stereocenters. The van der Waals surface area contributed by atoms with Gasteiger partial charge < -0.3 is 15.4 Å². The van der Waals surface area contributed by atoms with Crippen LogP contribution in [0.25, 0.3) is 0 Å². The van der Waals surface area contributed by atoms with Crippen molar-refractivity contribution in [1.82, 2.24) is 15.4 Å². The standard InChI is InChI=1S/C19H26N4O3S/c1-20-19(22-15-17-10-6-7-11-18(17)26-2)21-12-13-27(24,25)23-14-16-8-4-3-5-9-16/h3-11,23H,12-15H2,1-2H3,(H2,20,21,22). The second kappa shape index (κ2) is 10.5. The van der Waals surface area contributed by atoms with Crippen molar-refractivity contribution in [3.05, 3.63) is 65.7 Å². The lowest BCUT2D eigenvalue weighted by molar-refractivity contribution is 0.409. The Bertz CT molecular complexity index is 839. The van der Waals surface area contributed by atoms with Crippen LogP contribution in [0.5, 0.6) is 5.75 Å². The Morgan fingerprint density at radius 2 is 1.70 bits per heavy atom. The summed E-state index contributed by atoms with van der Waals surface area (Å²) in [6, 6.07) is 17.1. The number of hydrogen-bond acceptors (Lipinski definition) is 4. The van der Waals surface area contributed by atoms with Crippen molar-refractivity contribution >= 4 is 16.0 Å². The topological polar surface area (TPSA) is 91.8 Å². The number of nitrogens with one attached hydrogen (secondary N) is 3. The molecule has 0 aliphatic carbocycles. The third-order valence-corrected chi connectivity index (χ3v) is 5.19. The number of aliphatic imine (C=N–C) groups is 1. The Kier molecular flexibility index (Phi) is 8.09. The Hall–Kier alpha value is -2.58. The van der Waals surface area contributed by atoms with Crippen LogP contribution < -0.4 is 20.1 Å². The van der Waals surface area contributed by atoms with Crippen LogP contribution in [0.1, 0.15) is 11.1 Å². The number of ether oxygens (including phenoxy) is 1. The number of guanidine groups is 1. The van der Waals surface area contributed by atoms with Crippen molar-refractivity contribution in [3.63, 3.8) is 0 Å². The molecule has 2 rings (SSSR count). The van der Waals surface area contributed by atoms with Crippen LogP contribution in [0.4, 0.5) is 0 Å². The molecule has 2 aromatic carbocycles. The fraction of sp³-hybridized carbons (Fsp3) is 0.316. The molecule has 0 bridgehead atoms. The third-order valence-electron chi connectivity index (χ3n) is 3.86. The highest BCUT2D eigenvalue weighted by atomic mass is 32.2. The molecule has 0 radical (unpaired) electrons. The minimum Gasteiger partial charge on any atom is -0.496 e. The van der Waals surface area contributed by atoms with Gasteiger partial charge in [-0.15, -0.1) is 0 Å². The van der Waals surface area contributed by atoms with Gasteiger partial charge in [0.2, 0.25) is 10.0 Å². The van der Waals surface area contributed by atoms with E-state index in [1.54, 1.807) is 14.2 Å². The zero-order chi connectivity index (χ0) is 19.5. The molecule has 8 heteroatoms. The van der Waals surface area contributed by atoms with Gasteiger partial charge in [0.05, 0.1) is 12.9 Å². The summed E-state index contributed by atoms with van der Waals surface area (Å²) in [6.07, 6.45) is 0. The Morgan fingerprint density at radius 1 is 1.00 bits per heavy atom. The first-order valence-corrected chi connectivity index (χ1v) is 10.3. The maximum atomic E-state index is 12.1. The van der Waals surface area contributed by atoms with Gasteiger partial charge in [-0.25, -0.2) is 13.1 Å². The zero-order valence-electron chi connectivity index (χ0n) is 15.6. The molecule has 0 saturated carbocycles. The van der Waals surface area contributed by atoms with Crippen LogP contribution in [0, 0.1) is 0 Å². The first-order valence-electron chi connectivity index (χ1n) is 8.62. The maximum absolute atomic E-state index is 12.1. The number of nitrogens with zero attached hydrogens (tertiary/aromatic N) is 1. The molecule has 27 heavy (non-hydrogen) atoms. The summed E-state index contributed by atoms with van der Waals surface area (Å²) in [6.45, 7) is 1.04. The van der Waals surface area contributed by atoms with E-state index in [1.807, 2.05) is 54.6 Å². The van der Waals surface area contributed by atoms with E-state index in [9.17, 15) is 8.42 Å². The van der Waals surface area contributed by atoms with Gasteiger partial charge in [0.15, 0.2) is 5.96 Å². The van der Waals surface area contributed by atoms with E-state index in [1.165, 1.54) is 0 Å². The summed E-state index contributed by atoms with van der Waals surface area (Å²) >= 11 is 0. The molecule has 0 aromatic heterocycles. The molecule has 7 nitrogen and oxygen atoms in total. The van der Waals surface area contributed by atoms with E-state index in [2.05, 4.69) is 20.3 Å². The molecule has 3 N–H and O–H groups in total. The molecule has 0 saturated heterocycles. The monoisotopic (exact) mass is 390 g/mol. The SMILES string of the molecule is CN=C(NCCS(=O)(=O)NCc1ccccc1)NCc1ccccc1OC. The number of rotatable bonds is 9. The molecular formula is C19H26N4O3S. The molecule has 0 unspecified atom stereocenters. The lowest BCUT2D eigenvalue weighted by atomic mass is 10.2. The fourth-order valence-electron chi connectivity index (χ4n) is 2.41. The second-order valence-corrected chi connectivity index (χ2v) is 7.72. The highest BCUT2D eigenvalue weighted by Crippen LogP contribution is 2.16. The largest absolute Gasteiger partial charge is 0.496 e. The first kappa shape index (κ1) is 20.7. The number of sulfonamides is 1. The van der Waals surface area contributed by atoms with Crippen LogP contribution in [-0.4, -0.2) is 40.8 Å². The number of para-hydroxylation sites is 1. The molecule has 146 valence electrons. The smallest absolute Gasteiger partial charge is 0.213 e. The Balaban J connectivity index is 1.76. The molecule has 0 fully saturated rings. The van der Waals surface area contributed by atoms with E-state index in [0.717, 1.165) is 16.9 Å². The third kappa shape index (κ3) is 7.28. The predicted molar refractivity (Wildman–Crippen MR) is 108 cm³/mol. The summed E-state index contributed by atoms with van der Waals surface area (Å²) in [4.78, 5) is 4.11. The van der Waals surface area contributed by atoms with Crippen LogP contribution in [0.15, 0.2) is 59.6 Å². The molecule has 2 aromatic rings. The lowest BCUT2D eigenvalue weighted by Crippen LogP contribution is -2.40. The van der Waals surface area contributed by atoms with Gasteiger partial charge in [0.25, 0.3) is 0 Å². The quantitative estimate of drug-likeness (QED) is 0.446. The van der Waals surface area contributed by atoms with Crippen molar-refractivity contribution in [1.29, 1.82) is 0 Å². The van der Waals surface area contributed by atoms with Crippen LogP contribution in [0.2, 0.25) is 0 Å². The minimum atomic E-state index is -3.38. The van der Waals surface area contributed by atoms with Crippen molar-refractivity contribution in [3.8, 4) is 5.75 Å². The van der Waals surface area contributed by atoms with E-state index in [0.29, 0.717) is 12.5 Å².